The number of anilines is 1. The Balaban J connectivity index is 2.63. The number of rotatable bonds is 4. The highest BCUT2D eigenvalue weighted by Gasteiger charge is 2.50. The van der Waals surface area contributed by atoms with Crippen LogP contribution >= 0.6 is 0 Å². The lowest BCUT2D eigenvalue weighted by atomic mass is 9.90. The first-order valence-electron chi connectivity index (χ1n) is 7.84. The second kappa shape index (κ2) is 6.91. The third-order valence-electron chi connectivity index (χ3n) is 3.46. The van der Waals surface area contributed by atoms with Crippen molar-refractivity contribution in [3.8, 4) is 6.07 Å². The van der Waals surface area contributed by atoms with E-state index in [-0.39, 0.29) is 11.4 Å². The van der Waals surface area contributed by atoms with Crippen molar-refractivity contribution in [2.75, 3.05) is 5.06 Å². The van der Waals surface area contributed by atoms with Crippen molar-refractivity contribution >= 4 is 11.8 Å². The quantitative estimate of drug-likeness (QED) is 0.679. The van der Waals surface area contributed by atoms with Crippen molar-refractivity contribution in [1.29, 1.82) is 5.26 Å². The highest BCUT2D eigenvalue weighted by molar-refractivity contribution is 5.90. The summed E-state index contributed by atoms with van der Waals surface area (Å²) in [5.41, 5.74) is -1.97. The molecule has 0 aliphatic carbocycles. The number of benzene rings is 1. The van der Waals surface area contributed by atoms with E-state index in [4.69, 9.17) is 4.74 Å². The van der Waals surface area contributed by atoms with E-state index < -0.39 is 17.1 Å². The van der Waals surface area contributed by atoms with Crippen LogP contribution in [0.3, 0.4) is 0 Å². The van der Waals surface area contributed by atoms with E-state index in [1.54, 1.807) is 70.2 Å². The number of carbonyl (C=O) groups excluding carboxylic acids is 1. The molecule has 2 aromatic rings. The first-order chi connectivity index (χ1) is 11.7. The Morgan fingerprint density at radius 2 is 1.80 bits per heavy atom. The van der Waals surface area contributed by atoms with Crippen LogP contribution in [0, 0.1) is 18.3 Å². The van der Waals surface area contributed by atoms with Gasteiger partial charge in [0.25, 0.3) is 5.54 Å². The summed E-state index contributed by atoms with van der Waals surface area (Å²) in [6, 6.07) is 15.2. The molecule has 1 N–H and O–H groups in total. The standard InChI is InChI=1S/C19H21N3O3/c1-14-9-8-12-16(21-14)22(24)19(13-20,15-10-6-5-7-11-15)17(23)25-18(2,3)4/h5-12,24H,1-4H3/t19-/m1/s1. The molecule has 2 rings (SSSR count). The Bertz CT molecular complexity index is 794. The molecule has 0 radical (unpaired) electrons. The summed E-state index contributed by atoms with van der Waals surface area (Å²) < 4.78 is 5.43. The van der Waals surface area contributed by atoms with E-state index in [1.165, 1.54) is 6.07 Å². The minimum atomic E-state index is -2.07. The van der Waals surface area contributed by atoms with E-state index in [1.807, 2.05) is 6.07 Å². The molecule has 0 saturated heterocycles. The molecular formula is C19H21N3O3. The van der Waals surface area contributed by atoms with Gasteiger partial charge in [0, 0.05) is 11.3 Å². The minimum absolute atomic E-state index is 0.0799. The minimum Gasteiger partial charge on any atom is -0.457 e. The third kappa shape index (κ3) is 3.78. The number of hydrogen-bond donors (Lipinski definition) is 1. The van der Waals surface area contributed by atoms with Crippen LogP contribution in [0.5, 0.6) is 0 Å². The number of nitriles is 1. The second-order valence-electron chi connectivity index (χ2n) is 6.64. The van der Waals surface area contributed by atoms with Crippen LogP contribution in [0.4, 0.5) is 5.82 Å². The maximum absolute atomic E-state index is 12.9. The summed E-state index contributed by atoms with van der Waals surface area (Å²) in [6.45, 7) is 6.85. The third-order valence-corrected chi connectivity index (χ3v) is 3.46. The highest BCUT2D eigenvalue weighted by Crippen LogP contribution is 2.33. The number of nitrogens with zero attached hydrogens (tertiary/aromatic N) is 3. The van der Waals surface area contributed by atoms with Gasteiger partial charge in [0.15, 0.2) is 5.82 Å². The van der Waals surface area contributed by atoms with Crippen molar-refractivity contribution < 1.29 is 14.7 Å². The van der Waals surface area contributed by atoms with Crippen molar-refractivity contribution in [2.24, 2.45) is 0 Å². The van der Waals surface area contributed by atoms with Gasteiger partial charge >= 0.3 is 5.97 Å². The van der Waals surface area contributed by atoms with Gasteiger partial charge in [0.05, 0.1) is 0 Å². The van der Waals surface area contributed by atoms with Crippen LogP contribution < -0.4 is 5.06 Å². The predicted molar refractivity (Wildman–Crippen MR) is 92.8 cm³/mol. The van der Waals surface area contributed by atoms with Gasteiger partial charge in [-0.25, -0.2) is 14.8 Å². The number of aromatic nitrogens is 1. The van der Waals surface area contributed by atoms with E-state index in [0.717, 1.165) is 0 Å². The average molecular weight is 339 g/mol. The lowest BCUT2D eigenvalue weighted by Crippen LogP contribution is -2.52. The van der Waals surface area contributed by atoms with Gasteiger partial charge in [-0.2, -0.15) is 5.26 Å². The zero-order chi connectivity index (χ0) is 18.7. The summed E-state index contributed by atoms with van der Waals surface area (Å²) in [6.07, 6.45) is 0. The molecule has 130 valence electrons. The van der Waals surface area contributed by atoms with Gasteiger partial charge in [0.1, 0.15) is 11.7 Å². The maximum atomic E-state index is 12.9. The number of carbonyl (C=O) groups is 1. The fourth-order valence-electron chi connectivity index (χ4n) is 2.33. The average Bonchev–Trinajstić information content (AvgIpc) is 2.55. The van der Waals surface area contributed by atoms with Crippen LogP contribution in [0.15, 0.2) is 48.5 Å². The van der Waals surface area contributed by atoms with E-state index >= 15 is 0 Å². The van der Waals surface area contributed by atoms with Crippen molar-refractivity contribution in [3.05, 3.63) is 59.8 Å². The predicted octanol–water partition coefficient (Wildman–Crippen LogP) is 3.35. The highest BCUT2D eigenvalue weighted by atomic mass is 16.6. The summed E-state index contributed by atoms with van der Waals surface area (Å²) in [5, 5.41) is 21.3. The van der Waals surface area contributed by atoms with Crippen molar-refractivity contribution in [3.63, 3.8) is 0 Å². The lowest BCUT2D eigenvalue weighted by molar-refractivity contribution is -0.162. The molecule has 0 unspecified atom stereocenters. The van der Waals surface area contributed by atoms with Gasteiger partial charge in [-0.05, 0) is 39.8 Å². The molecule has 1 aromatic carbocycles. The number of hydroxylamine groups is 1. The van der Waals surface area contributed by atoms with Crippen molar-refractivity contribution in [1.82, 2.24) is 4.98 Å². The van der Waals surface area contributed by atoms with Gasteiger partial charge in [-0.1, -0.05) is 36.4 Å². The van der Waals surface area contributed by atoms with Crippen molar-refractivity contribution in [2.45, 2.75) is 38.8 Å². The topological polar surface area (TPSA) is 86.5 Å². The second-order valence-corrected chi connectivity index (χ2v) is 6.64. The number of hydrogen-bond acceptors (Lipinski definition) is 6. The molecule has 0 bridgehead atoms. The molecule has 1 atom stereocenters. The molecule has 0 aliphatic rings. The largest absolute Gasteiger partial charge is 0.457 e. The Labute approximate surface area is 147 Å². The number of pyridine rings is 1. The van der Waals surface area contributed by atoms with Crippen LogP contribution in [0.25, 0.3) is 0 Å². The number of aryl methyl sites for hydroxylation is 1. The Hall–Kier alpha value is -2.91. The molecule has 0 saturated carbocycles. The molecule has 6 heteroatoms. The summed E-state index contributed by atoms with van der Waals surface area (Å²) in [4.78, 5) is 17.1. The monoisotopic (exact) mass is 339 g/mol. The molecule has 25 heavy (non-hydrogen) atoms. The molecule has 0 spiro atoms. The zero-order valence-corrected chi connectivity index (χ0v) is 14.7. The van der Waals surface area contributed by atoms with Crippen LogP contribution in [-0.2, 0) is 15.1 Å². The van der Waals surface area contributed by atoms with Gasteiger partial charge in [-0.15, -0.1) is 0 Å². The Morgan fingerprint density at radius 3 is 2.32 bits per heavy atom. The van der Waals surface area contributed by atoms with Gasteiger partial charge in [0.2, 0.25) is 0 Å². The molecular weight excluding hydrogens is 318 g/mol. The summed E-state index contributed by atoms with van der Waals surface area (Å²) in [5.74, 6) is -0.796. The molecule has 1 heterocycles. The molecule has 0 aliphatic heterocycles. The van der Waals surface area contributed by atoms with Gasteiger partial charge < -0.3 is 4.74 Å². The SMILES string of the molecule is Cc1cccc(N(O)[C@@](C#N)(C(=O)OC(C)(C)C)c2ccccc2)n1. The van der Waals surface area contributed by atoms with E-state index in [2.05, 4.69) is 4.98 Å². The van der Waals surface area contributed by atoms with Crippen LogP contribution in [0.2, 0.25) is 0 Å². The molecule has 0 amide bonds. The van der Waals surface area contributed by atoms with Crippen LogP contribution in [-0.4, -0.2) is 21.8 Å². The Morgan fingerprint density at radius 1 is 1.16 bits per heavy atom. The molecule has 0 fully saturated rings. The van der Waals surface area contributed by atoms with E-state index in [9.17, 15) is 15.3 Å². The summed E-state index contributed by atoms with van der Waals surface area (Å²) >= 11 is 0. The summed E-state index contributed by atoms with van der Waals surface area (Å²) in [7, 11) is 0. The first-order valence-corrected chi connectivity index (χ1v) is 7.84. The Kier molecular flexibility index (Phi) is 5.10. The van der Waals surface area contributed by atoms with E-state index in [0.29, 0.717) is 10.8 Å². The fourth-order valence-corrected chi connectivity index (χ4v) is 2.33. The van der Waals surface area contributed by atoms with Gasteiger partial charge in [-0.3, -0.25) is 5.21 Å². The fraction of sp³-hybridized carbons (Fsp3) is 0.316. The normalized spacial score (nSPS) is 13.4. The lowest BCUT2D eigenvalue weighted by Gasteiger charge is -2.35. The first kappa shape index (κ1) is 18.4. The maximum Gasteiger partial charge on any atom is 0.354 e. The smallest absolute Gasteiger partial charge is 0.354 e. The number of ether oxygens (including phenoxy) is 1. The van der Waals surface area contributed by atoms with Crippen LogP contribution in [0.1, 0.15) is 32.0 Å². The molecule has 6 nitrogen and oxygen atoms in total. The number of esters is 1. The zero-order valence-electron chi connectivity index (χ0n) is 14.7. The molecule has 1 aromatic heterocycles.